The summed E-state index contributed by atoms with van der Waals surface area (Å²) in [5.41, 5.74) is 7.19. The fourth-order valence-electron chi connectivity index (χ4n) is 1.67. The van der Waals surface area contributed by atoms with Gasteiger partial charge in [-0.2, -0.15) is 0 Å². The predicted octanol–water partition coefficient (Wildman–Crippen LogP) is 3.13. The van der Waals surface area contributed by atoms with Crippen LogP contribution in [0.1, 0.15) is 24.1 Å². The molecule has 0 saturated heterocycles. The van der Waals surface area contributed by atoms with Gasteiger partial charge in [0.1, 0.15) is 5.75 Å². The van der Waals surface area contributed by atoms with Crippen molar-refractivity contribution in [2.75, 3.05) is 0 Å². The minimum Gasteiger partial charge on any atom is -0.454 e. The van der Waals surface area contributed by atoms with Gasteiger partial charge in [0.15, 0.2) is 11.6 Å². The minimum absolute atomic E-state index is 0.0300. The van der Waals surface area contributed by atoms with E-state index in [2.05, 4.69) is 0 Å². The normalized spacial score (nSPS) is 12.2. The van der Waals surface area contributed by atoms with E-state index in [1.165, 1.54) is 6.07 Å². The van der Waals surface area contributed by atoms with E-state index in [1.807, 2.05) is 0 Å². The van der Waals surface area contributed by atoms with Crippen molar-refractivity contribution < 1.29 is 14.2 Å². The Hall–Kier alpha value is -1.91. The van der Waals surface area contributed by atoms with Gasteiger partial charge in [0.05, 0.1) is 6.61 Å². The van der Waals surface area contributed by atoms with Crippen molar-refractivity contribution in [3.63, 3.8) is 0 Å². The van der Waals surface area contributed by atoms with Gasteiger partial charge in [0, 0.05) is 6.04 Å². The first-order valence-corrected chi connectivity index (χ1v) is 6.03. The number of benzene rings is 2. The topological polar surface area (TPSA) is 55.5 Å². The molecule has 0 aliphatic rings. The van der Waals surface area contributed by atoms with Crippen LogP contribution in [0.25, 0.3) is 0 Å². The van der Waals surface area contributed by atoms with Crippen LogP contribution in [-0.4, -0.2) is 5.11 Å². The van der Waals surface area contributed by atoms with Gasteiger partial charge in [0.25, 0.3) is 0 Å². The summed E-state index contributed by atoms with van der Waals surface area (Å²) in [5, 5.41) is 8.93. The molecular weight excluding hydrogens is 245 g/mol. The number of halogens is 1. The van der Waals surface area contributed by atoms with Gasteiger partial charge >= 0.3 is 0 Å². The molecule has 4 heteroatoms. The largest absolute Gasteiger partial charge is 0.454 e. The molecule has 0 spiro atoms. The summed E-state index contributed by atoms with van der Waals surface area (Å²) in [5.74, 6) is 0.229. The second kappa shape index (κ2) is 5.82. The van der Waals surface area contributed by atoms with Crippen molar-refractivity contribution in [2.45, 2.75) is 19.6 Å². The van der Waals surface area contributed by atoms with Gasteiger partial charge in [-0.1, -0.05) is 18.2 Å². The van der Waals surface area contributed by atoms with Gasteiger partial charge in [-0.25, -0.2) is 4.39 Å². The van der Waals surface area contributed by atoms with E-state index in [9.17, 15) is 4.39 Å². The number of aliphatic hydroxyl groups excluding tert-OH is 1. The summed E-state index contributed by atoms with van der Waals surface area (Å²) in [6.07, 6.45) is 0. The molecule has 0 fully saturated rings. The molecule has 2 aromatic carbocycles. The van der Waals surface area contributed by atoms with Crippen molar-refractivity contribution in [1.82, 2.24) is 0 Å². The number of rotatable bonds is 4. The van der Waals surface area contributed by atoms with Gasteiger partial charge in [-0.05, 0) is 42.3 Å². The monoisotopic (exact) mass is 261 g/mol. The Morgan fingerprint density at radius 1 is 1.21 bits per heavy atom. The van der Waals surface area contributed by atoms with Crippen LogP contribution in [-0.2, 0) is 6.61 Å². The van der Waals surface area contributed by atoms with Gasteiger partial charge < -0.3 is 15.6 Å². The number of nitrogens with two attached hydrogens (primary N) is 1. The zero-order chi connectivity index (χ0) is 13.8. The smallest absolute Gasteiger partial charge is 0.166 e. The standard InChI is InChI=1S/C15H16FNO2/c1-10(17)12-4-7-15(14(16)8-12)19-13-5-2-11(9-18)3-6-13/h2-8,10,18H,9,17H2,1H3. The molecule has 0 bridgehead atoms. The fraction of sp³-hybridized carbons (Fsp3) is 0.200. The molecule has 19 heavy (non-hydrogen) atoms. The molecule has 0 radical (unpaired) electrons. The van der Waals surface area contributed by atoms with E-state index < -0.39 is 5.82 Å². The summed E-state index contributed by atoms with van der Waals surface area (Å²) in [6, 6.07) is 11.3. The summed E-state index contributed by atoms with van der Waals surface area (Å²) < 4.78 is 19.3. The minimum atomic E-state index is -0.443. The van der Waals surface area contributed by atoms with Crippen molar-refractivity contribution in [3.8, 4) is 11.5 Å². The highest BCUT2D eigenvalue weighted by Gasteiger charge is 2.08. The second-order valence-corrected chi connectivity index (χ2v) is 4.38. The number of hydrogen-bond acceptors (Lipinski definition) is 3. The molecule has 1 atom stereocenters. The third-order valence-corrected chi connectivity index (χ3v) is 2.82. The fourth-order valence-corrected chi connectivity index (χ4v) is 1.67. The van der Waals surface area contributed by atoms with Crippen molar-refractivity contribution in [1.29, 1.82) is 0 Å². The maximum Gasteiger partial charge on any atom is 0.166 e. The van der Waals surface area contributed by atoms with Crippen LogP contribution >= 0.6 is 0 Å². The maximum absolute atomic E-state index is 13.8. The molecule has 3 N–H and O–H groups in total. The van der Waals surface area contributed by atoms with Crippen molar-refractivity contribution in [2.24, 2.45) is 5.73 Å². The third-order valence-electron chi connectivity index (χ3n) is 2.82. The molecule has 3 nitrogen and oxygen atoms in total. The average molecular weight is 261 g/mol. The first-order valence-electron chi connectivity index (χ1n) is 6.03. The molecule has 0 aliphatic carbocycles. The summed E-state index contributed by atoms with van der Waals surface area (Å²) in [6.45, 7) is 1.76. The zero-order valence-corrected chi connectivity index (χ0v) is 10.6. The van der Waals surface area contributed by atoms with Crippen LogP contribution in [0, 0.1) is 5.82 Å². The highest BCUT2D eigenvalue weighted by atomic mass is 19.1. The van der Waals surface area contributed by atoms with Gasteiger partial charge in [0.2, 0.25) is 0 Å². The third kappa shape index (κ3) is 3.30. The van der Waals surface area contributed by atoms with E-state index in [0.717, 1.165) is 11.1 Å². The Morgan fingerprint density at radius 3 is 2.42 bits per heavy atom. The lowest BCUT2D eigenvalue weighted by Crippen LogP contribution is -2.05. The van der Waals surface area contributed by atoms with E-state index in [-0.39, 0.29) is 18.4 Å². The number of hydrogen-bond donors (Lipinski definition) is 2. The van der Waals surface area contributed by atoms with E-state index >= 15 is 0 Å². The van der Waals surface area contributed by atoms with E-state index in [0.29, 0.717) is 5.75 Å². The van der Waals surface area contributed by atoms with E-state index in [1.54, 1.807) is 43.3 Å². The van der Waals surface area contributed by atoms with Crippen LogP contribution in [0.15, 0.2) is 42.5 Å². The van der Waals surface area contributed by atoms with Crippen molar-refractivity contribution >= 4 is 0 Å². The van der Waals surface area contributed by atoms with Crippen molar-refractivity contribution in [3.05, 3.63) is 59.4 Å². The highest BCUT2D eigenvalue weighted by molar-refractivity contribution is 5.36. The van der Waals surface area contributed by atoms with E-state index in [4.69, 9.17) is 15.6 Å². The highest BCUT2D eigenvalue weighted by Crippen LogP contribution is 2.26. The molecule has 2 rings (SSSR count). The molecule has 0 heterocycles. The van der Waals surface area contributed by atoms with Crippen LogP contribution < -0.4 is 10.5 Å². The second-order valence-electron chi connectivity index (χ2n) is 4.38. The van der Waals surface area contributed by atoms with Gasteiger partial charge in [-0.3, -0.25) is 0 Å². The molecule has 100 valence electrons. The lowest BCUT2D eigenvalue weighted by Gasteiger charge is -2.10. The Bertz CT molecular complexity index is 553. The first kappa shape index (κ1) is 13.5. The number of aliphatic hydroxyl groups is 1. The average Bonchev–Trinajstić information content (AvgIpc) is 2.41. The molecule has 0 saturated carbocycles. The summed E-state index contributed by atoms with van der Waals surface area (Å²) >= 11 is 0. The Balaban J connectivity index is 2.18. The SMILES string of the molecule is CC(N)c1ccc(Oc2ccc(CO)cc2)c(F)c1. The Labute approximate surface area is 111 Å². The molecule has 0 aromatic heterocycles. The van der Waals surface area contributed by atoms with Crippen LogP contribution in [0.2, 0.25) is 0 Å². The Morgan fingerprint density at radius 2 is 1.89 bits per heavy atom. The quantitative estimate of drug-likeness (QED) is 0.889. The molecule has 0 aliphatic heterocycles. The zero-order valence-electron chi connectivity index (χ0n) is 10.6. The summed E-state index contributed by atoms with van der Waals surface area (Å²) in [7, 11) is 0. The maximum atomic E-state index is 13.8. The van der Waals surface area contributed by atoms with Gasteiger partial charge in [-0.15, -0.1) is 0 Å². The molecule has 2 aromatic rings. The van der Waals surface area contributed by atoms with Crippen LogP contribution in [0.5, 0.6) is 11.5 Å². The molecular formula is C15H16FNO2. The van der Waals surface area contributed by atoms with Crippen LogP contribution in [0.4, 0.5) is 4.39 Å². The summed E-state index contributed by atoms with van der Waals surface area (Å²) in [4.78, 5) is 0. The van der Waals surface area contributed by atoms with Crippen LogP contribution in [0.3, 0.4) is 0 Å². The Kier molecular flexibility index (Phi) is 4.14. The lowest BCUT2D eigenvalue weighted by molar-refractivity contribution is 0.281. The number of ether oxygens (including phenoxy) is 1. The molecule has 1 unspecified atom stereocenters. The first-order chi connectivity index (χ1) is 9.10. The predicted molar refractivity (Wildman–Crippen MR) is 71.4 cm³/mol. The lowest BCUT2D eigenvalue weighted by atomic mass is 10.1. The molecule has 0 amide bonds.